The zero-order valence-corrected chi connectivity index (χ0v) is 7.17. The second kappa shape index (κ2) is 22.1. The van der Waals surface area contributed by atoms with Gasteiger partial charge in [-0.15, -0.1) is 0 Å². The van der Waals surface area contributed by atoms with Gasteiger partial charge in [-0.05, 0) is 0 Å². The van der Waals surface area contributed by atoms with E-state index in [1.165, 1.54) is 0 Å². The maximum Gasteiger partial charge on any atom is 0 e. The normalized spacial score (nSPS) is 0. The minimum absolute atomic E-state index is 0. The largest absolute Gasteiger partial charge is 0.358 e. The first-order valence-electron chi connectivity index (χ1n) is 0. The van der Waals surface area contributed by atoms with E-state index in [1.807, 2.05) is 0 Å². The Morgan fingerprint density at radius 3 is 1.00 bits per heavy atom. The van der Waals surface area contributed by atoms with E-state index in [0.29, 0.717) is 0 Å². The molecule has 0 rings (SSSR count). The SMILES string of the molecule is [CH3-].[Co].[Fe].[W]. The molecule has 0 unspecified atom stereocenters. The molecule has 0 amide bonds. The summed E-state index contributed by atoms with van der Waals surface area (Å²) in [6.07, 6.45) is 0. The summed E-state index contributed by atoms with van der Waals surface area (Å²) in [6, 6.07) is 0. The van der Waals surface area contributed by atoms with Crippen molar-refractivity contribution in [3.63, 3.8) is 0 Å². The molecule has 31 valence electrons. The summed E-state index contributed by atoms with van der Waals surface area (Å²) in [4.78, 5) is 0. The molecular formula is CH3CoFeW-. The van der Waals surface area contributed by atoms with Crippen molar-refractivity contribution in [2.24, 2.45) is 0 Å². The van der Waals surface area contributed by atoms with Gasteiger partial charge in [-0.25, -0.2) is 0 Å². The molecule has 0 saturated heterocycles. The van der Waals surface area contributed by atoms with Crippen molar-refractivity contribution in [3.8, 4) is 0 Å². The first-order chi connectivity index (χ1) is 0. The van der Waals surface area contributed by atoms with Crippen LogP contribution < -0.4 is 0 Å². The fourth-order valence-corrected chi connectivity index (χ4v) is 0. The van der Waals surface area contributed by atoms with Crippen LogP contribution in [-0.4, -0.2) is 0 Å². The summed E-state index contributed by atoms with van der Waals surface area (Å²) in [7, 11) is 0. The van der Waals surface area contributed by atoms with Gasteiger partial charge < -0.3 is 7.43 Å². The van der Waals surface area contributed by atoms with Crippen LogP contribution in [0.15, 0.2) is 0 Å². The molecule has 0 spiro atoms. The predicted molar refractivity (Wildman–Crippen MR) is 6.41 cm³/mol. The average molecular weight is 314 g/mol. The van der Waals surface area contributed by atoms with Crippen molar-refractivity contribution in [2.75, 3.05) is 0 Å². The van der Waals surface area contributed by atoms with E-state index in [9.17, 15) is 0 Å². The number of rotatable bonds is 0. The van der Waals surface area contributed by atoms with Crippen LogP contribution in [0.3, 0.4) is 0 Å². The standard InChI is InChI=1S/CH3.Co.Fe.W/h1H3;;;/q-1;;;. The van der Waals surface area contributed by atoms with Gasteiger partial charge in [0, 0.05) is 54.9 Å². The van der Waals surface area contributed by atoms with E-state index in [-0.39, 0.29) is 62.3 Å². The maximum absolute atomic E-state index is 0. The maximum atomic E-state index is 0. The minimum Gasteiger partial charge on any atom is -0.358 e. The Morgan fingerprint density at radius 1 is 1.00 bits per heavy atom. The smallest absolute Gasteiger partial charge is 0 e. The second-order valence-electron chi connectivity index (χ2n) is 0. The van der Waals surface area contributed by atoms with Crippen LogP contribution in [-0.2, 0) is 54.9 Å². The molecule has 0 fully saturated rings. The van der Waals surface area contributed by atoms with Crippen LogP contribution in [0.5, 0.6) is 0 Å². The Hall–Kier alpha value is 1.71. The van der Waals surface area contributed by atoms with Crippen LogP contribution in [0.2, 0.25) is 0 Å². The molecule has 0 aliphatic carbocycles. The molecule has 0 aliphatic rings. The van der Waals surface area contributed by atoms with Crippen molar-refractivity contribution in [1.82, 2.24) is 0 Å². The molecule has 0 aromatic heterocycles. The summed E-state index contributed by atoms with van der Waals surface area (Å²) >= 11 is 0. The number of hydrogen-bond acceptors (Lipinski definition) is 0. The first kappa shape index (κ1) is 43.2. The summed E-state index contributed by atoms with van der Waals surface area (Å²) < 4.78 is 0. The Labute approximate surface area is 62.0 Å². The van der Waals surface area contributed by atoms with E-state index < -0.39 is 0 Å². The molecule has 0 N–H and O–H groups in total. The molecule has 1 radical (unpaired) electrons. The zero-order chi connectivity index (χ0) is 0. The van der Waals surface area contributed by atoms with Gasteiger partial charge in [0.05, 0.1) is 0 Å². The zero-order valence-electron chi connectivity index (χ0n) is 2.10. The molecule has 0 saturated carbocycles. The predicted octanol–water partition coefficient (Wildman–Crippen LogP) is 0.443. The van der Waals surface area contributed by atoms with Gasteiger partial charge in [0.1, 0.15) is 0 Å². The third kappa shape index (κ3) is 9.31. The van der Waals surface area contributed by atoms with Gasteiger partial charge in [0.25, 0.3) is 0 Å². The monoisotopic (exact) mass is 314 g/mol. The third-order valence-corrected chi connectivity index (χ3v) is 0. The van der Waals surface area contributed by atoms with Crippen molar-refractivity contribution >= 4 is 0 Å². The van der Waals surface area contributed by atoms with Crippen LogP contribution in [0, 0.1) is 7.43 Å². The molecule has 0 bridgehead atoms. The average Bonchev–Trinajstić information content (AvgIpc) is 0. The number of hydrogen-bond donors (Lipinski definition) is 0. The Kier molecular flexibility index (Phi) is 239. The van der Waals surface area contributed by atoms with Crippen molar-refractivity contribution in [3.05, 3.63) is 7.43 Å². The van der Waals surface area contributed by atoms with Crippen molar-refractivity contribution in [1.29, 1.82) is 0 Å². The van der Waals surface area contributed by atoms with Crippen LogP contribution >= 0.6 is 0 Å². The molecule has 0 nitrogen and oxygen atoms in total. The van der Waals surface area contributed by atoms with Gasteiger partial charge in [-0.1, -0.05) is 0 Å². The van der Waals surface area contributed by atoms with Gasteiger partial charge in [0.2, 0.25) is 0 Å². The molecule has 0 atom stereocenters. The van der Waals surface area contributed by atoms with Crippen molar-refractivity contribution in [2.45, 2.75) is 0 Å². The molecule has 0 aromatic carbocycles. The van der Waals surface area contributed by atoms with Gasteiger partial charge in [0.15, 0.2) is 0 Å². The fraction of sp³-hybridized carbons (Fsp3) is 0. The van der Waals surface area contributed by atoms with Crippen LogP contribution in [0.4, 0.5) is 0 Å². The molecule has 0 aliphatic heterocycles. The molecular weight excluding hydrogens is 311 g/mol. The topological polar surface area (TPSA) is 0 Å². The Bertz CT molecular complexity index is 8.00. The van der Waals surface area contributed by atoms with Crippen LogP contribution in [0.25, 0.3) is 0 Å². The van der Waals surface area contributed by atoms with E-state index in [2.05, 4.69) is 0 Å². The second-order valence-corrected chi connectivity index (χ2v) is 0. The first-order valence-corrected chi connectivity index (χ1v) is 0. The van der Waals surface area contributed by atoms with E-state index in [0.717, 1.165) is 0 Å². The van der Waals surface area contributed by atoms with Gasteiger partial charge >= 0.3 is 0 Å². The minimum atomic E-state index is 0. The summed E-state index contributed by atoms with van der Waals surface area (Å²) in [5.74, 6) is 0. The van der Waals surface area contributed by atoms with E-state index in [1.54, 1.807) is 0 Å². The van der Waals surface area contributed by atoms with Gasteiger partial charge in [-0.2, -0.15) is 0 Å². The van der Waals surface area contributed by atoms with Crippen LogP contribution in [0.1, 0.15) is 0 Å². The summed E-state index contributed by atoms with van der Waals surface area (Å²) in [6.45, 7) is 0. The van der Waals surface area contributed by atoms with E-state index in [4.69, 9.17) is 0 Å². The van der Waals surface area contributed by atoms with E-state index >= 15 is 0 Å². The Morgan fingerprint density at radius 2 is 1.00 bits per heavy atom. The fourth-order valence-electron chi connectivity index (χ4n) is 0. The Balaban J connectivity index is 0. The third-order valence-electron chi connectivity index (χ3n) is 0. The summed E-state index contributed by atoms with van der Waals surface area (Å²) in [5.41, 5.74) is 0. The molecule has 4 heavy (non-hydrogen) atoms. The summed E-state index contributed by atoms with van der Waals surface area (Å²) in [5, 5.41) is 0. The molecule has 0 heterocycles. The van der Waals surface area contributed by atoms with Gasteiger partial charge in [-0.3, -0.25) is 0 Å². The molecule has 0 aromatic rings. The quantitative estimate of drug-likeness (QED) is 0.450. The molecule has 3 heteroatoms. The van der Waals surface area contributed by atoms with Crippen molar-refractivity contribution < 1.29 is 54.9 Å².